The van der Waals surface area contributed by atoms with Crippen molar-refractivity contribution in [1.82, 2.24) is 10.3 Å². The van der Waals surface area contributed by atoms with Gasteiger partial charge >= 0.3 is 0 Å². The Kier molecular flexibility index (Phi) is 3.65. The molecule has 0 aliphatic heterocycles. The highest BCUT2D eigenvalue weighted by Gasteiger charge is 2.13. The molecule has 1 heterocycles. The van der Waals surface area contributed by atoms with Crippen molar-refractivity contribution >= 4 is 16.7 Å². The summed E-state index contributed by atoms with van der Waals surface area (Å²) < 4.78 is 0. The number of hydrogen-bond acceptors (Lipinski definition) is 2. The van der Waals surface area contributed by atoms with Gasteiger partial charge in [-0.1, -0.05) is 36.4 Å². The second-order valence-electron chi connectivity index (χ2n) is 5.00. The van der Waals surface area contributed by atoms with Crippen LogP contribution in [0.15, 0.2) is 67.0 Å². The van der Waals surface area contributed by atoms with Gasteiger partial charge in [-0.05, 0) is 41.5 Å². The van der Waals surface area contributed by atoms with E-state index in [9.17, 15) is 4.79 Å². The van der Waals surface area contributed by atoms with E-state index < -0.39 is 0 Å². The van der Waals surface area contributed by atoms with Crippen LogP contribution >= 0.6 is 0 Å². The molecule has 0 bridgehead atoms. The van der Waals surface area contributed by atoms with Gasteiger partial charge in [-0.2, -0.15) is 0 Å². The number of amides is 1. The summed E-state index contributed by atoms with van der Waals surface area (Å²) in [5, 5.41) is 5.08. The summed E-state index contributed by atoms with van der Waals surface area (Å²) in [4.78, 5) is 16.5. The molecule has 1 N–H and O–H groups in total. The largest absolute Gasteiger partial charge is 0.345 e. The zero-order valence-electron chi connectivity index (χ0n) is 11.8. The highest BCUT2D eigenvalue weighted by atomic mass is 16.1. The molecular formula is C18H16N2O. The summed E-state index contributed by atoms with van der Waals surface area (Å²) in [6, 6.07) is 17.5. The fourth-order valence-corrected chi connectivity index (χ4v) is 2.43. The number of nitrogens with one attached hydrogen (secondary N) is 1. The molecule has 1 aromatic heterocycles. The number of nitrogens with zero attached hydrogens (tertiary/aromatic N) is 1. The Labute approximate surface area is 123 Å². The van der Waals surface area contributed by atoms with Crippen LogP contribution in [0.5, 0.6) is 0 Å². The average molecular weight is 276 g/mol. The fourth-order valence-electron chi connectivity index (χ4n) is 2.43. The molecule has 1 atom stereocenters. The summed E-state index contributed by atoms with van der Waals surface area (Å²) in [7, 11) is 0. The minimum Gasteiger partial charge on any atom is -0.345 e. The quantitative estimate of drug-likeness (QED) is 0.792. The van der Waals surface area contributed by atoms with Crippen molar-refractivity contribution < 1.29 is 4.79 Å². The smallest absolute Gasteiger partial charge is 0.252 e. The minimum absolute atomic E-state index is 0.0560. The van der Waals surface area contributed by atoms with E-state index in [2.05, 4.69) is 10.3 Å². The number of fused-ring (bicyclic) bond motifs is 1. The van der Waals surface area contributed by atoms with Gasteiger partial charge in [-0.25, -0.2) is 0 Å². The number of carbonyl (C=O) groups is 1. The molecule has 0 fully saturated rings. The Bertz CT molecular complexity index is 763. The number of hydrogen-bond donors (Lipinski definition) is 1. The number of carbonyl (C=O) groups excluding carboxylic acids is 1. The van der Waals surface area contributed by atoms with E-state index in [-0.39, 0.29) is 11.9 Å². The first-order chi connectivity index (χ1) is 10.3. The van der Waals surface area contributed by atoms with E-state index >= 15 is 0 Å². The summed E-state index contributed by atoms with van der Waals surface area (Å²) in [6.07, 6.45) is 3.46. The van der Waals surface area contributed by atoms with E-state index in [0.717, 1.165) is 16.3 Å². The van der Waals surface area contributed by atoms with Gasteiger partial charge in [0.1, 0.15) is 0 Å². The van der Waals surface area contributed by atoms with Crippen molar-refractivity contribution in [3.8, 4) is 0 Å². The topological polar surface area (TPSA) is 42.0 Å². The molecule has 2 aromatic carbocycles. The summed E-state index contributed by atoms with van der Waals surface area (Å²) in [5.41, 5.74) is 1.74. The third-order valence-corrected chi connectivity index (χ3v) is 3.59. The van der Waals surface area contributed by atoms with Crippen molar-refractivity contribution in [1.29, 1.82) is 0 Å². The molecular weight excluding hydrogens is 260 g/mol. The molecule has 21 heavy (non-hydrogen) atoms. The van der Waals surface area contributed by atoms with Crippen LogP contribution in [0.25, 0.3) is 10.8 Å². The van der Waals surface area contributed by atoms with Crippen LogP contribution in [0, 0.1) is 0 Å². The number of pyridine rings is 1. The van der Waals surface area contributed by atoms with Gasteiger partial charge in [0.05, 0.1) is 6.04 Å². The van der Waals surface area contributed by atoms with Gasteiger partial charge in [0.15, 0.2) is 0 Å². The summed E-state index contributed by atoms with van der Waals surface area (Å²) in [5.74, 6) is -0.0592. The standard InChI is InChI=1S/C18H16N2O/c1-13(14-9-11-19-12-10-14)20-18(21)17-8-4-6-15-5-2-3-7-16(15)17/h2-13H,1H3,(H,20,21)/t13-/m1/s1. The number of aromatic nitrogens is 1. The van der Waals surface area contributed by atoms with E-state index in [1.165, 1.54) is 0 Å². The molecule has 0 aliphatic carbocycles. The van der Waals surface area contributed by atoms with Gasteiger partial charge in [0.2, 0.25) is 0 Å². The van der Waals surface area contributed by atoms with Crippen molar-refractivity contribution in [3.05, 3.63) is 78.1 Å². The van der Waals surface area contributed by atoms with Crippen molar-refractivity contribution in [2.24, 2.45) is 0 Å². The SMILES string of the molecule is C[C@@H](NC(=O)c1cccc2ccccc12)c1ccncc1. The Morgan fingerprint density at radius 1 is 1.00 bits per heavy atom. The molecule has 104 valence electrons. The first kappa shape index (κ1) is 13.3. The third kappa shape index (κ3) is 2.77. The Balaban J connectivity index is 1.88. The second kappa shape index (κ2) is 5.75. The Morgan fingerprint density at radius 2 is 1.71 bits per heavy atom. The molecule has 1 amide bonds. The van der Waals surface area contributed by atoms with Crippen LogP contribution in [-0.4, -0.2) is 10.9 Å². The molecule has 0 aliphatic rings. The van der Waals surface area contributed by atoms with E-state index in [1.807, 2.05) is 61.5 Å². The fraction of sp³-hybridized carbons (Fsp3) is 0.111. The summed E-state index contributed by atoms with van der Waals surface area (Å²) >= 11 is 0. The monoisotopic (exact) mass is 276 g/mol. The predicted octanol–water partition coefficient (Wildman–Crippen LogP) is 3.73. The summed E-state index contributed by atoms with van der Waals surface area (Å²) in [6.45, 7) is 1.97. The first-order valence-electron chi connectivity index (χ1n) is 6.94. The van der Waals surface area contributed by atoms with Crippen molar-refractivity contribution in [2.75, 3.05) is 0 Å². The number of rotatable bonds is 3. The van der Waals surface area contributed by atoms with Crippen LogP contribution in [0.2, 0.25) is 0 Å². The molecule has 0 unspecified atom stereocenters. The maximum Gasteiger partial charge on any atom is 0.252 e. The molecule has 3 aromatic rings. The van der Waals surface area contributed by atoms with Gasteiger partial charge in [-0.3, -0.25) is 9.78 Å². The lowest BCUT2D eigenvalue weighted by atomic mass is 10.0. The molecule has 3 rings (SSSR count). The Morgan fingerprint density at radius 3 is 2.52 bits per heavy atom. The van der Waals surface area contributed by atoms with Gasteiger partial charge in [-0.15, -0.1) is 0 Å². The highest BCUT2D eigenvalue weighted by Crippen LogP contribution is 2.19. The van der Waals surface area contributed by atoms with E-state index in [1.54, 1.807) is 12.4 Å². The molecule has 0 spiro atoms. The average Bonchev–Trinajstić information content (AvgIpc) is 2.55. The van der Waals surface area contributed by atoms with Crippen LogP contribution < -0.4 is 5.32 Å². The normalized spacial score (nSPS) is 12.0. The third-order valence-electron chi connectivity index (χ3n) is 3.59. The maximum absolute atomic E-state index is 12.5. The van der Waals surface area contributed by atoms with Gasteiger partial charge < -0.3 is 5.32 Å². The second-order valence-corrected chi connectivity index (χ2v) is 5.00. The molecule has 0 radical (unpaired) electrons. The maximum atomic E-state index is 12.5. The lowest BCUT2D eigenvalue weighted by Gasteiger charge is -2.15. The van der Waals surface area contributed by atoms with Gasteiger partial charge in [0.25, 0.3) is 5.91 Å². The van der Waals surface area contributed by atoms with Crippen LogP contribution in [0.4, 0.5) is 0 Å². The van der Waals surface area contributed by atoms with Gasteiger partial charge in [0, 0.05) is 18.0 Å². The molecule has 3 nitrogen and oxygen atoms in total. The number of benzene rings is 2. The highest BCUT2D eigenvalue weighted by molar-refractivity contribution is 6.07. The predicted molar refractivity (Wildman–Crippen MR) is 84.1 cm³/mol. The first-order valence-corrected chi connectivity index (χ1v) is 6.94. The van der Waals surface area contributed by atoms with Crippen LogP contribution in [-0.2, 0) is 0 Å². The Hall–Kier alpha value is -2.68. The molecule has 0 saturated carbocycles. The zero-order chi connectivity index (χ0) is 14.7. The lowest BCUT2D eigenvalue weighted by Crippen LogP contribution is -2.26. The minimum atomic E-state index is -0.0592. The van der Waals surface area contributed by atoms with Crippen LogP contribution in [0.1, 0.15) is 28.9 Å². The van der Waals surface area contributed by atoms with Crippen molar-refractivity contribution in [2.45, 2.75) is 13.0 Å². The van der Waals surface area contributed by atoms with E-state index in [0.29, 0.717) is 5.56 Å². The zero-order valence-corrected chi connectivity index (χ0v) is 11.8. The van der Waals surface area contributed by atoms with Crippen LogP contribution in [0.3, 0.4) is 0 Å². The van der Waals surface area contributed by atoms with E-state index in [4.69, 9.17) is 0 Å². The molecule has 3 heteroatoms. The van der Waals surface area contributed by atoms with Crippen molar-refractivity contribution in [3.63, 3.8) is 0 Å². The molecule has 0 saturated heterocycles. The lowest BCUT2D eigenvalue weighted by molar-refractivity contribution is 0.0941.